The van der Waals surface area contributed by atoms with Crippen molar-refractivity contribution >= 4 is 12.0 Å². The molecule has 0 aromatic heterocycles. The summed E-state index contributed by atoms with van der Waals surface area (Å²) in [5.74, 6) is 2.07. The van der Waals surface area contributed by atoms with Gasteiger partial charge in [0.15, 0.2) is 0 Å². The lowest BCUT2D eigenvalue weighted by Gasteiger charge is -2.26. The number of ether oxygens (including phenoxy) is 3. The molecule has 0 saturated heterocycles. The molecule has 1 aliphatic rings. The van der Waals surface area contributed by atoms with Gasteiger partial charge in [-0.25, -0.2) is 0 Å². The van der Waals surface area contributed by atoms with Crippen LogP contribution in [0.4, 0.5) is 0 Å². The zero-order chi connectivity index (χ0) is 18.5. The normalized spacial score (nSPS) is 15.9. The molecule has 5 nitrogen and oxygen atoms in total. The third kappa shape index (κ3) is 3.99. The van der Waals surface area contributed by atoms with Gasteiger partial charge < -0.3 is 19.5 Å². The van der Waals surface area contributed by atoms with Gasteiger partial charge in [0.25, 0.3) is 0 Å². The summed E-state index contributed by atoms with van der Waals surface area (Å²) in [5.41, 5.74) is 2.95. The fourth-order valence-corrected chi connectivity index (χ4v) is 3.02. The van der Waals surface area contributed by atoms with Gasteiger partial charge in [0.1, 0.15) is 17.2 Å². The maximum absolute atomic E-state index is 12.4. The van der Waals surface area contributed by atoms with E-state index >= 15 is 0 Å². The lowest BCUT2D eigenvalue weighted by Crippen LogP contribution is -2.31. The number of benzene rings is 2. The van der Waals surface area contributed by atoms with Gasteiger partial charge in [0, 0.05) is 23.6 Å². The summed E-state index contributed by atoms with van der Waals surface area (Å²) in [6.45, 7) is 2.62. The summed E-state index contributed by atoms with van der Waals surface area (Å²) >= 11 is 0. The number of rotatable bonds is 5. The van der Waals surface area contributed by atoms with E-state index in [0.717, 1.165) is 28.9 Å². The van der Waals surface area contributed by atoms with Gasteiger partial charge in [-0.2, -0.15) is 0 Å². The molecule has 0 bridgehead atoms. The third-order valence-electron chi connectivity index (χ3n) is 4.37. The lowest BCUT2D eigenvalue weighted by atomic mass is 9.98. The Morgan fingerprint density at radius 3 is 2.81 bits per heavy atom. The Bertz CT molecular complexity index is 829. The minimum absolute atomic E-state index is 0.0528. The van der Waals surface area contributed by atoms with Crippen molar-refractivity contribution in [3.05, 3.63) is 59.2 Å². The Morgan fingerprint density at radius 1 is 1.19 bits per heavy atom. The molecule has 0 aliphatic carbocycles. The second kappa shape index (κ2) is 7.95. The summed E-state index contributed by atoms with van der Waals surface area (Å²) in [6.07, 6.45) is 3.99. The number of aryl methyl sites for hydroxylation is 1. The molecule has 136 valence electrons. The summed E-state index contributed by atoms with van der Waals surface area (Å²) < 4.78 is 16.2. The molecular formula is C21H23NO4. The number of methoxy groups -OCH3 is 2. The molecule has 0 saturated carbocycles. The van der Waals surface area contributed by atoms with Crippen LogP contribution >= 0.6 is 0 Å². The van der Waals surface area contributed by atoms with Crippen LogP contribution in [0.3, 0.4) is 0 Å². The number of carbonyl (C=O) groups is 1. The van der Waals surface area contributed by atoms with E-state index in [0.29, 0.717) is 18.1 Å². The molecule has 1 heterocycles. The van der Waals surface area contributed by atoms with Gasteiger partial charge in [0.2, 0.25) is 5.91 Å². The molecule has 0 spiro atoms. The van der Waals surface area contributed by atoms with Crippen molar-refractivity contribution in [3.8, 4) is 17.2 Å². The summed E-state index contributed by atoms with van der Waals surface area (Å²) in [5, 5.41) is 3.06. The molecule has 5 heteroatoms. The molecule has 1 amide bonds. The Morgan fingerprint density at radius 2 is 2.04 bits per heavy atom. The fourth-order valence-electron chi connectivity index (χ4n) is 3.02. The van der Waals surface area contributed by atoms with E-state index in [1.54, 1.807) is 20.3 Å². The molecule has 3 rings (SSSR count). The smallest absolute Gasteiger partial charge is 0.244 e. The average Bonchev–Trinajstić information content (AvgIpc) is 2.66. The van der Waals surface area contributed by atoms with Gasteiger partial charge in [-0.15, -0.1) is 0 Å². The van der Waals surface area contributed by atoms with Gasteiger partial charge in [0.05, 0.1) is 26.9 Å². The van der Waals surface area contributed by atoms with E-state index in [1.165, 1.54) is 6.08 Å². The molecule has 2 aromatic carbocycles. The molecule has 26 heavy (non-hydrogen) atoms. The van der Waals surface area contributed by atoms with Crippen LogP contribution in [0.5, 0.6) is 17.2 Å². The predicted octanol–water partition coefficient (Wildman–Crippen LogP) is 3.67. The molecule has 1 aliphatic heterocycles. The van der Waals surface area contributed by atoms with E-state index < -0.39 is 0 Å². The van der Waals surface area contributed by atoms with Crippen molar-refractivity contribution in [2.75, 3.05) is 20.8 Å². The monoisotopic (exact) mass is 353 g/mol. The summed E-state index contributed by atoms with van der Waals surface area (Å²) in [4.78, 5) is 12.4. The first kappa shape index (κ1) is 17.9. The van der Waals surface area contributed by atoms with E-state index in [-0.39, 0.29) is 11.9 Å². The lowest BCUT2D eigenvalue weighted by molar-refractivity contribution is -0.117. The van der Waals surface area contributed by atoms with Crippen LogP contribution in [-0.2, 0) is 4.79 Å². The zero-order valence-electron chi connectivity index (χ0n) is 15.2. The third-order valence-corrected chi connectivity index (χ3v) is 4.37. The number of hydrogen-bond acceptors (Lipinski definition) is 4. The second-order valence-electron chi connectivity index (χ2n) is 6.18. The summed E-state index contributed by atoms with van der Waals surface area (Å²) in [6, 6.07) is 11.4. The van der Waals surface area contributed by atoms with Gasteiger partial charge in [-0.05, 0) is 37.3 Å². The summed E-state index contributed by atoms with van der Waals surface area (Å²) in [7, 11) is 3.20. The van der Waals surface area contributed by atoms with Gasteiger partial charge in [-0.1, -0.05) is 17.7 Å². The van der Waals surface area contributed by atoms with Crippen LogP contribution in [0, 0.1) is 6.92 Å². The minimum Gasteiger partial charge on any atom is -0.497 e. The van der Waals surface area contributed by atoms with E-state index in [4.69, 9.17) is 14.2 Å². The topological polar surface area (TPSA) is 56.8 Å². The molecule has 0 fully saturated rings. The standard InChI is InChI=1S/C21H23NO4/c1-14-4-7-20-17(12-14)18(10-11-26-20)22-21(23)9-5-15-13-16(24-2)6-8-19(15)25-3/h4-9,12-13,18H,10-11H2,1-3H3,(H,22,23)/b9-5+. The van der Waals surface area contributed by atoms with Crippen LogP contribution < -0.4 is 19.5 Å². The minimum atomic E-state index is -0.158. The molecule has 1 N–H and O–H groups in total. The van der Waals surface area contributed by atoms with E-state index in [2.05, 4.69) is 11.4 Å². The predicted molar refractivity (Wildman–Crippen MR) is 101 cm³/mol. The highest BCUT2D eigenvalue weighted by atomic mass is 16.5. The van der Waals surface area contributed by atoms with Crippen molar-refractivity contribution in [1.82, 2.24) is 5.32 Å². The van der Waals surface area contributed by atoms with Crippen LogP contribution in [0.15, 0.2) is 42.5 Å². The van der Waals surface area contributed by atoms with Crippen LogP contribution in [0.25, 0.3) is 6.08 Å². The molecular weight excluding hydrogens is 330 g/mol. The van der Waals surface area contributed by atoms with Crippen LogP contribution in [0.2, 0.25) is 0 Å². The number of fused-ring (bicyclic) bond motifs is 1. The SMILES string of the molecule is COc1ccc(OC)c(/C=C/C(=O)NC2CCOc3ccc(C)cc32)c1. The number of amides is 1. The second-order valence-corrected chi connectivity index (χ2v) is 6.18. The van der Waals surface area contributed by atoms with Crippen molar-refractivity contribution in [2.45, 2.75) is 19.4 Å². The Hall–Kier alpha value is -2.95. The largest absolute Gasteiger partial charge is 0.497 e. The van der Waals surface area contributed by atoms with Crippen molar-refractivity contribution in [1.29, 1.82) is 0 Å². The highest BCUT2D eigenvalue weighted by Gasteiger charge is 2.22. The first-order valence-electron chi connectivity index (χ1n) is 8.54. The van der Waals surface area contributed by atoms with Gasteiger partial charge >= 0.3 is 0 Å². The van der Waals surface area contributed by atoms with E-state index in [9.17, 15) is 4.79 Å². The average molecular weight is 353 g/mol. The highest BCUT2D eigenvalue weighted by molar-refractivity contribution is 5.92. The number of carbonyl (C=O) groups excluding carboxylic acids is 1. The van der Waals surface area contributed by atoms with Gasteiger partial charge in [-0.3, -0.25) is 4.79 Å². The molecule has 1 atom stereocenters. The molecule has 0 radical (unpaired) electrons. The van der Waals surface area contributed by atoms with E-state index in [1.807, 2.05) is 37.3 Å². The van der Waals surface area contributed by atoms with Crippen molar-refractivity contribution in [2.24, 2.45) is 0 Å². The number of hydrogen-bond donors (Lipinski definition) is 1. The Balaban J connectivity index is 1.74. The molecule has 2 aromatic rings. The fraction of sp³-hybridized carbons (Fsp3) is 0.286. The highest BCUT2D eigenvalue weighted by Crippen LogP contribution is 2.32. The Kier molecular flexibility index (Phi) is 5.46. The maximum atomic E-state index is 12.4. The maximum Gasteiger partial charge on any atom is 0.244 e. The first-order valence-corrected chi connectivity index (χ1v) is 8.54. The van der Waals surface area contributed by atoms with Crippen LogP contribution in [-0.4, -0.2) is 26.7 Å². The van der Waals surface area contributed by atoms with Crippen molar-refractivity contribution in [3.63, 3.8) is 0 Å². The first-order chi connectivity index (χ1) is 12.6. The van der Waals surface area contributed by atoms with Crippen LogP contribution in [0.1, 0.15) is 29.2 Å². The van der Waals surface area contributed by atoms with Crippen molar-refractivity contribution < 1.29 is 19.0 Å². The molecule has 1 unspecified atom stereocenters. The quantitative estimate of drug-likeness (QED) is 0.834. The number of nitrogens with one attached hydrogen (secondary N) is 1. The Labute approximate surface area is 153 Å². The zero-order valence-corrected chi connectivity index (χ0v) is 15.2.